The minimum absolute atomic E-state index is 0.102. The van der Waals surface area contributed by atoms with Crippen molar-refractivity contribution in [3.05, 3.63) is 34.4 Å². The number of carboxylic acids is 1. The Bertz CT molecular complexity index is 288. The van der Waals surface area contributed by atoms with Gasteiger partial charge in [-0.3, -0.25) is 4.79 Å². The SMILES string of the molecule is C=C/C(Br)=C(C)\C=C(/CC)CC(=O)O. The molecule has 0 fully saturated rings. The Balaban J connectivity index is 4.75. The molecule has 0 radical (unpaired) electrons. The third-order valence-electron chi connectivity index (χ3n) is 1.81. The van der Waals surface area contributed by atoms with Gasteiger partial charge in [-0.15, -0.1) is 0 Å². The summed E-state index contributed by atoms with van der Waals surface area (Å²) in [5.74, 6) is -0.791. The molecule has 0 amide bonds. The van der Waals surface area contributed by atoms with Crippen molar-refractivity contribution in [2.75, 3.05) is 0 Å². The predicted molar refractivity (Wildman–Crippen MR) is 62.5 cm³/mol. The van der Waals surface area contributed by atoms with Crippen LogP contribution in [0.3, 0.4) is 0 Å². The topological polar surface area (TPSA) is 37.3 Å². The fourth-order valence-electron chi connectivity index (χ4n) is 1.01. The second kappa shape index (κ2) is 6.60. The first-order valence-corrected chi connectivity index (χ1v) is 5.20. The summed E-state index contributed by atoms with van der Waals surface area (Å²) in [4.78, 5) is 10.5. The maximum Gasteiger partial charge on any atom is 0.307 e. The van der Waals surface area contributed by atoms with Gasteiger partial charge in [0.15, 0.2) is 0 Å². The smallest absolute Gasteiger partial charge is 0.307 e. The highest BCUT2D eigenvalue weighted by molar-refractivity contribution is 9.11. The van der Waals surface area contributed by atoms with Crippen LogP contribution >= 0.6 is 15.9 Å². The Morgan fingerprint density at radius 1 is 1.57 bits per heavy atom. The minimum Gasteiger partial charge on any atom is -0.481 e. The number of hydrogen-bond donors (Lipinski definition) is 1. The molecule has 0 atom stereocenters. The van der Waals surface area contributed by atoms with Gasteiger partial charge in [-0.25, -0.2) is 0 Å². The molecule has 3 heteroatoms. The summed E-state index contributed by atoms with van der Waals surface area (Å²) < 4.78 is 0.897. The molecule has 0 aliphatic heterocycles. The summed E-state index contributed by atoms with van der Waals surface area (Å²) in [7, 11) is 0. The van der Waals surface area contributed by atoms with Crippen molar-refractivity contribution in [2.24, 2.45) is 0 Å². The van der Waals surface area contributed by atoms with E-state index in [2.05, 4.69) is 22.5 Å². The lowest BCUT2D eigenvalue weighted by atomic mass is 10.1. The van der Waals surface area contributed by atoms with Crippen molar-refractivity contribution in [2.45, 2.75) is 26.7 Å². The second-order valence-electron chi connectivity index (χ2n) is 2.96. The Morgan fingerprint density at radius 2 is 2.14 bits per heavy atom. The van der Waals surface area contributed by atoms with Crippen LogP contribution in [0.2, 0.25) is 0 Å². The van der Waals surface area contributed by atoms with Gasteiger partial charge < -0.3 is 5.11 Å². The van der Waals surface area contributed by atoms with E-state index in [9.17, 15) is 4.79 Å². The standard InChI is InChI=1S/C11H15BrO2/c1-4-9(7-11(13)14)6-8(3)10(12)5-2/h5-6H,2,4,7H2,1,3H3,(H,13,14)/b9-6+,10-8+. The van der Waals surface area contributed by atoms with Gasteiger partial charge in [0, 0.05) is 4.48 Å². The van der Waals surface area contributed by atoms with Gasteiger partial charge in [-0.05, 0) is 18.9 Å². The van der Waals surface area contributed by atoms with Crippen molar-refractivity contribution in [3.8, 4) is 0 Å². The average molecular weight is 259 g/mol. The maximum absolute atomic E-state index is 10.5. The molecule has 0 aromatic heterocycles. The molecule has 0 unspecified atom stereocenters. The van der Waals surface area contributed by atoms with Crippen LogP contribution in [0.25, 0.3) is 0 Å². The molecule has 14 heavy (non-hydrogen) atoms. The van der Waals surface area contributed by atoms with E-state index in [1.54, 1.807) is 6.08 Å². The molecule has 0 saturated carbocycles. The van der Waals surface area contributed by atoms with Gasteiger partial charge in [0.1, 0.15) is 0 Å². The highest BCUT2D eigenvalue weighted by atomic mass is 79.9. The number of aliphatic carboxylic acids is 1. The first kappa shape index (κ1) is 13.2. The monoisotopic (exact) mass is 258 g/mol. The number of allylic oxidation sites excluding steroid dienone is 4. The molecule has 0 heterocycles. The first-order valence-electron chi connectivity index (χ1n) is 4.41. The average Bonchev–Trinajstić information content (AvgIpc) is 2.14. The summed E-state index contributed by atoms with van der Waals surface area (Å²) in [5, 5.41) is 8.63. The molecule has 2 nitrogen and oxygen atoms in total. The Labute approximate surface area is 93.1 Å². The summed E-state index contributed by atoms with van der Waals surface area (Å²) in [6.07, 6.45) is 4.44. The number of carbonyl (C=O) groups is 1. The van der Waals surface area contributed by atoms with E-state index in [0.29, 0.717) is 0 Å². The lowest BCUT2D eigenvalue weighted by molar-refractivity contribution is -0.136. The maximum atomic E-state index is 10.5. The zero-order valence-corrected chi connectivity index (χ0v) is 10.1. The molecule has 78 valence electrons. The fourth-order valence-corrected chi connectivity index (χ4v) is 1.12. The van der Waals surface area contributed by atoms with E-state index in [1.807, 2.05) is 19.9 Å². The fraction of sp³-hybridized carbons (Fsp3) is 0.364. The third kappa shape index (κ3) is 5.02. The van der Waals surface area contributed by atoms with Gasteiger partial charge >= 0.3 is 5.97 Å². The van der Waals surface area contributed by atoms with Gasteiger partial charge in [0.25, 0.3) is 0 Å². The van der Waals surface area contributed by atoms with Crippen LogP contribution in [0.15, 0.2) is 34.4 Å². The lowest BCUT2D eigenvalue weighted by Crippen LogP contribution is -1.97. The van der Waals surface area contributed by atoms with Crippen LogP contribution in [0.4, 0.5) is 0 Å². The summed E-state index contributed by atoms with van der Waals surface area (Å²) >= 11 is 3.34. The predicted octanol–water partition coefficient (Wildman–Crippen LogP) is 3.65. The molecular weight excluding hydrogens is 244 g/mol. The van der Waals surface area contributed by atoms with Crippen LogP contribution < -0.4 is 0 Å². The largest absolute Gasteiger partial charge is 0.481 e. The van der Waals surface area contributed by atoms with E-state index < -0.39 is 5.97 Å². The highest BCUT2D eigenvalue weighted by Crippen LogP contribution is 2.17. The lowest BCUT2D eigenvalue weighted by Gasteiger charge is -2.02. The Hall–Kier alpha value is -0.830. The molecule has 1 N–H and O–H groups in total. The van der Waals surface area contributed by atoms with Crippen LogP contribution in [0.5, 0.6) is 0 Å². The number of halogens is 1. The van der Waals surface area contributed by atoms with E-state index in [0.717, 1.165) is 22.0 Å². The van der Waals surface area contributed by atoms with Gasteiger partial charge in [-0.1, -0.05) is 47.2 Å². The number of rotatable bonds is 5. The van der Waals surface area contributed by atoms with Crippen molar-refractivity contribution in [1.82, 2.24) is 0 Å². The van der Waals surface area contributed by atoms with Crippen LogP contribution in [0, 0.1) is 0 Å². The molecule has 0 spiro atoms. The first-order chi connectivity index (χ1) is 6.51. The van der Waals surface area contributed by atoms with Crippen LogP contribution in [-0.2, 0) is 4.79 Å². The summed E-state index contributed by atoms with van der Waals surface area (Å²) in [5.41, 5.74) is 1.91. The van der Waals surface area contributed by atoms with Crippen LogP contribution in [-0.4, -0.2) is 11.1 Å². The Kier molecular flexibility index (Phi) is 6.21. The van der Waals surface area contributed by atoms with Gasteiger partial charge in [0.2, 0.25) is 0 Å². The molecule has 0 aromatic carbocycles. The van der Waals surface area contributed by atoms with Gasteiger partial charge in [0.05, 0.1) is 6.42 Å². The molecule has 0 aliphatic carbocycles. The van der Waals surface area contributed by atoms with Crippen molar-refractivity contribution >= 4 is 21.9 Å². The molecule has 0 aromatic rings. The zero-order valence-electron chi connectivity index (χ0n) is 8.51. The number of hydrogen-bond acceptors (Lipinski definition) is 1. The van der Waals surface area contributed by atoms with Crippen molar-refractivity contribution in [3.63, 3.8) is 0 Å². The quantitative estimate of drug-likeness (QED) is 0.765. The zero-order chi connectivity index (χ0) is 11.1. The summed E-state index contributed by atoms with van der Waals surface area (Å²) in [6, 6.07) is 0. The minimum atomic E-state index is -0.791. The van der Waals surface area contributed by atoms with Crippen LogP contribution in [0.1, 0.15) is 26.7 Å². The molecular formula is C11H15BrO2. The molecule has 0 bridgehead atoms. The summed E-state index contributed by atoms with van der Waals surface area (Å²) in [6.45, 7) is 7.49. The molecule has 0 saturated heterocycles. The number of carboxylic acid groups (broad SMARTS) is 1. The van der Waals surface area contributed by atoms with E-state index >= 15 is 0 Å². The van der Waals surface area contributed by atoms with E-state index in [1.165, 1.54) is 0 Å². The molecule has 0 aliphatic rings. The highest BCUT2D eigenvalue weighted by Gasteiger charge is 2.02. The second-order valence-corrected chi connectivity index (χ2v) is 3.82. The third-order valence-corrected chi connectivity index (χ3v) is 2.76. The Morgan fingerprint density at radius 3 is 2.50 bits per heavy atom. The molecule has 0 rings (SSSR count). The van der Waals surface area contributed by atoms with Crippen molar-refractivity contribution < 1.29 is 9.90 Å². The van der Waals surface area contributed by atoms with E-state index in [4.69, 9.17) is 5.11 Å². The van der Waals surface area contributed by atoms with Gasteiger partial charge in [-0.2, -0.15) is 0 Å². The van der Waals surface area contributed by atoms with E-state index in [-0.39, 0.29) is 6.42 Å². The normalized spacial score (nSPS) is 13.5. The van der Waals surface area contributed by atoms with Crippen molar-refractivity contribution in [1.29, 1.82) is 0 Å².